The number of nitrogens with zero attached hydrogens (tertiary/aromatic N) is 5. The number of aromatic nitrogens is 4. The van der Waals surface area contributed by atoms with Crippen molar-refractivity contribution in [2.24, 2.45) is 13.0 Å². The number of aryl methyl sites for hydroxylation is 1. The van der Waals surface area contributed by atoms with Crippen molar-refractivity contribution in [1.82, 2.24) is 30.4 Å². The van der Waals surface area contributed by atoms with Crippen LogP contribution in [0.4, 0.5) is 18.0 Å². The number of alkyl halides is 3. The molecule has 0 aliphatic carbocycles. The van der Waals surface area contributed by atoms with Gasteiger partial charge in [0.15, 0.2) is 0 Å². The van der Waals surface area contributed by atoms with E-state index in [2.05, 4.69) is 20.8 Å². The van der Waals surface area contributed by atoms with E-state index in [1.165, 1.54) is 11.8 Å². The van der Waals surface area contributed by atoms with E-state index in [1.54, 1.807) is 37.4 Å². The molecule has 0 saturated carbocycles. The Kier molecular flexibility index (Phi) is 6.61. The second kappa shape index (κ2) is 8.81. The minimum Gasteiger partial charge on any atom is -0.475 e. The summed E-state index contributed by atoms with van der Waals surface area (Å²) in [5, 5.41) is 22.4. The predicted octanol–water partition coefficient (Wildman–Crippen LogP) is 1.26. The molecule has 4 heterocycles. The van der Waals surface area contributed by atoms with Gasteiger partial charge in [-0.05, 0) is 55.9 Å². The van der Waals surface area contributed by atoms with E-state index >= 15 is 0 Å². The number of amides is 1. The second-order valence-electron chi connectivity index (χ2n) is 8.25. The number of β-lactam (4-membered cyclic amide) rings is 1. The van der Waals surface area contributed by atoms with Gasteiger partial charge in [-0.15, -0.1) is 5.10 Å². The summed E-state index contributed by atoms with van der Waals surface area (Å²) >= 11 is 1.32. The van der Waals surface area contributed by atoms with Gasteiger partial charge >= 0.3 is 18.3 Å². The Labute approximate surface area is 189 Å². The molecule has 1 amide bonds. The van der Waals surface area contributed by atoms with Crippen molar-refractivity contribution in [2.45, 2.75) is 56.2 Å². The largest absolute Gasteiger partial charge is 0.515 e. The van der Waals surface area contributed by atoms with Gasteiger partial charge in [0, 0.05) is 13.0 Å². The zero-order valence-corrected chi connectivity index (χ0v) is 18.7. The van der Waals surface area contributed by atoms with Crippen molar-refractivity contribution in [3.05, 3.63) is 10.8 Å². The van der Waals surface area contributed by atoms with E-state index in [1.807, 2.05) is 0 Å². The lowest BCUT2D eigenvalue weighted by molar-refractivity contribution is -0.192. The van der Waals surface area contributed by atoms with Gasteiger partial charge in [0.1, 0.15) is 11.6 Å². The molecule has 1 aromatic heterocycles. The SMILES string of the molecule is Cn1nnnc1SC1=C(OC(=O)OC(C)(C)C)N2C(=O)[C@H]3NCCC1[C@H]32.O=C(O)C(F)(F)F. The lowest BCUT2D eigenvalue weighted by Crippen LogP contribution is -2.71. The molecule has 4 rings (SSSR count). The average molecular weight is 494 g/mol. The smallest absolute Gasteiger partial charge is 0.475 e. The number of carbonyl (C=O) groups excluding carboxylic acids is 2. The molecule has 0 radical (unpaired) electrons. The van der Waals surface area contributed by atoms with Crippen molar-refractivity contribution in [1.29, 1.82) is 0 Å². The van der Waals surface area contributed by atoms with Crippen molar-refractivity contribution in [3.8, 4) is 0 Å². The third kappa shape index (κ3) is 5.21. The molecule has 1 aromatic rings. The molecule has 3 aliphatic heterocycles. The van der Waals surface area contributed by atoms with Gasteiger partial charge in [-0.2, -0.15) is 13.2 Å². The van der Waals surface area contributed by atoms with Crippen LogP contribution in [-0.2, 0) is 26.1 Å². The minimum absolute atomic E-state index is 0.0441. The highest BCUT2D eigenvalue weighted by atomic mass is 32.2. The second-order valence-corrected chi connectivity index (χ2v) is 9.26. The van der Waals surface area contributed by atoms with Gasteiger partial charge in [0.05, 0.1) is 10.9 Å². The zero-order chi connectivity index (χ0) is 24.7. The number of piperidine rings is 1. The summed E-state index contributed by atoms with van der Waals surface area (Å²) < 4.78 is 44.0. The number of aliphatic carboxylic acids is 1. The molecule has 0 spiro atoms. The van der Waals surface area contributed by atoms with Crippen LogP contribution in [0.15, 0.2) is 15.9 Å². The van der Waals surface area contributed by atoms with Crippen molar-refractivity contribution < 1.29 is 42.1 Å². The first kappa shape index (κ1) is 24.8. The van der Waals surface area contributed by atoms with Gasteiger partial charge in [0.2, 0.25) is 16.9 Å². The van der Waals surface area contributed by atoms with Crippen LogP contribution >= 0.6 is 11.8 Å². The third-order valence-corrected chi connectivity index (χ3v) is 5.96. The Bertz CT molecular complexity index is 991. The zero-order valence-electron chi connectivity index (χ0n) is 17.9. The number of hydrogen-bond acceptors (Lipinski definition) is 10. The standard InChI is InChI=1S/C15H20N6O4S.C2HF3O2/c1-15(2,3)25-14(23)24-12-10(26-13-17-18-19-20(13)4)7-5-6-16-8-9(7)21(12)11(8)22;3-2(4,5)1(6)7/h7-9,16H,5-6H2,1-4H3;(H,6,7)/t7?,8-,9+;/m0./s1. The summed E-state index contributed by atoms with van der Waals surface area (Å²) in [5.74, 6) is -2.53. The lowest BCUT2D eigenvalue weighted by atomic mass is 9.82. The first-order valence-corrected chi connectivity index (χ1v) is 10.4. The summed E-state index contributed by atoms with van der Waals surface area (Å²) in [6.45, 7) is 6.00. The van der Waals surface area contributed by atoms with Crippen molar-refractivity contribution >= 4 is 29.8 Å². The predicted molar refractivity (Wildman–Crippen MR) is 103 cm³/mol. The Morgan fingerprint density at radius 1 is 1.27 bits per heavy atom. The van der Waals surface area contributed by atoms with Crippen LogP contribution in [0.1, 0.15) is 27.2 Å². The fourth-order valence-electron chi connectivity index (χ4n) is 3.47. The Hall–Kier alpha value is -2.88. The van der Waals surface area contributed by atoms with Gasteiger partial charge in [0.25, 0.3) is 0 Å². The summed E-state index contributed by atoms with van der Waals surface area (Å²) in [6.07, 6.45) is -5.08. The maximum absolute atomic E-state index is 12.5. The minimum atomic E-state index is -5.08. The average Bonchev–Trinajstić information content (AvgIpc) is 3.20. The molecule has 3 atom stereocenters. The quantitative estimate of drug-likeness (QED) is 0.462. The van der Waals surface area contributed by atoms with Crippen LogP contribution in [0.3, 0.4) is 0 Å². The van der Waals surface area contributed by atoms with E-state index in [-0.39, 0.29) is 29.8 Å². The topological polar surface area (TPSA) is 149 Å². The molecule has 182 valence electrons. The highest BCUT2D eigenvalue weighted by Crippen LogP contribution is 2.51. The number of carboxylic acids is 1. The molecule has 0 bridgehead atoms. The Morgan fingerprint density at radius 2 is 1.91 bits per heavy atom. The van der Waals surface area contributed by atoms with Gasteiger partial charge in [-0.1, -0.05) is 0 Å². The number of carboxylic acid groups (broad SMARTS) is 1. The molecule has 16 heteroatoms. The summed E-state index contributed by atoms with van der Waals surface area (Å²) in [6, 6.07) is -0.279. The normalized spacial score (nSPS) is 23.9. The van der Waals surface area contributed by atoms with Crippen molar-refractivity contribution in [3.63, 3.8) is 0 Å². The molecular weight excluding hydrogens is 473 g/mol. The van der Waals surface area contributed by atoms with Crippen LogP contribution in [0.2, 0.25) is 0 Å². The van der Waals surface area contributed by atoms with E-state index in [0.29, 0.717) is 5.16 Å². The van der Waals surface area contributed by atoms with Crippen LogP contribution < -0.4 is 5.32 Å². The van der Waals surface area contributed by atoms with Crippen LogP contribution in [0.5, 0.6) is 0 Å². The number of carbonyl (C=O) groups is 3. The first-order chi connectivity index (χ1) is 15.2. The number of rotatable bonds is 3. The molecule has 2 fully saturated rings. The number of tetrazole rings is 1. The molecule has 12 nitrogen and oxygen atoms in total. The Balaban J connectivity index is 0.000000383. The molecule has 2 N–H and O–H groups in total. The molecule has 3 aliphatic rings. The molecule has 0 aromatic carbocycles. The van der Waals surface area contributed by atoms with Crippen LogP contribution in [0.25, 0.3) is 0 Å². The lowest BCUT2D eigenvalue weighted by Gasteiger charge is -2.48. The molecular formula is C17H21F3N6O6S. The number of hydrogen-bond donors (Lipinski definition) is 2. The number of thioether (sulfide) groups is 1. The van der Waals surface area contributed by atoms with Gasteiger partial charge < -0.3 is 19.9 Å². The highest BCUT2D eigenvalue weighted by Gasteiger charge is 2.61. The highest BCUT2D eigenvalue weighted by molar-refractivity contribution is 8.03. The fourth-order valence-corrected chi connectivity index (χ4v) is 4.55. The fraction of sp³-hybridized carbons (Fsp3) is 0.647. The third-order valence-electron chi connectivity index (χ3n) is 4.74. The van der Waals surface area contributed by atoms with E-state index in [9.17, 15) is 22.8 Å². The van der Waals surface area contributed by atoms with E-state index < -0.39 is 23.9 Å². The van der Waals surface area contributed by atoms with Crippen molar-refractivity contribution in [2.75, 3.05) is 6.54 Å². The molecule has 1 unspecified atom stereocenters. The summed E-state index contributed by atoms with van der Waals surface area (Å²) in [5.41, 5.74) is -0.688. The molecule has 2 saturated heterocycles. The summed E-state index contributed by atoms with van der Waals surface area (Å²) in [4.78, 5) is 35.9. The van der Waals surface area contributed by atoms with Crippen LogP contribution in [-0.4, -0.2) is 78.7 Å². The number of ether oxygens (including phenoxy) is 2. The van der Waals surface area contributed by atoms with E-state index in [4.69, 9.17) is 19.4 Å². The molecule has 33 heavy (non-hydrogen) atoms. The van der Waals surface area contributed by atoms with Crippen LogP contribution in [0, 0.1) is 5.92 Å². The maximum atomic E-state index is 12.5. The summed E-state index contributed by atoms with van der Waals surface area (Å²) in [7, 11) is 1.73. The maximum Gasteiger partial charge on any atom is 0.515 e. The number of halogens is 3. The van der Waals surface area contributed by atoms with E-state index in [0.717, 1.165) is 17.9 Å². The Morgan fingerprint density at radius 3 is 2.42 bits per heavy atom. The number of nitrogens with one attached hydrogen (secondary N) is 1. The van der Waals surface area contributed by atoms with Gasteiger partial charge in [-0.3, -0.25) is 9.69 Å². The first-order valence-electron chi connectivity index (χ1n) is 9.62. The van der Waals surface area contributed by atoms with Gasteiger partial charge in [-0.25, -0.2) is 14.3 Å². The monoisotopic (exact) mass is 494 g/mol.